The first-order valence-electron chi connectivity index (χ1n) is 7.30. The van der Waals surface area contributed by atoms with Crippen LogP contribution in [-0.2, 0) is 16.9 Å². The summed E-state index contributed by atoms with van der Waals surface area (Å²) in [5, 5.41) is 6.05. The number of benzene rings is 2. The Morgan fingerprint density at radius 1 is 1.04 bits per heavy atom. The maximum absolute atomic E-state index is 6.37. The van der Waals surface area contributed by atoms with Gasteiger partial charge in [-0.25, -0.2) is 9.67 Å². The molecule has 122 valence electrons. The zero-order chi connectivity index (χ0) is 16.7. The van der Waals surface area contributed by atoms with E-state index >= 15 is 0 Å². The quantitative estimate of drug-likeness (QED) is 0.604. The average molecular weight is 381 g/mol. The summed E-state index contributed by atoms with van der Waals surface area (Å²) in [6, 6.07) is 13.1. The van der Waals surface area contributed by atoms with Gasteiger partial charge in [0.1, 0.15) is 24.4 Å². The summed E-state index contributed by atoms with van der Waals surface area (Å²) in [5.74, 6) is 0. The molecule has 0 radical (unpaired) electrons. The van der Waals surface area contributed by atoms with E-state index in [1.165, 1.54) is 6.33 Å². The van der Waals surface area contributed by atoms with E-state index in [0.717, 1.165) is 11.1 Å². The van der Waals surface area contributed by atoms with Gasteiger partial charge in [-0.3, -0.25) is 0 Å². The lowest BCUT2D eigenvalue weighted by atomic mass is 9.91. The third kappa shape index (κ3) is 2.80. The van der Waals surface area contributed by atoms with E-state index in [9.17, 15) is 0 Å². The van der Waals surface area contributed by atoms with Gasteiger partial charge >= 0.3 is 0 Å². The molecule has 0 unspecified atom stereocenters. The van der Waals surface area contributed by atoms with Crippen LogP contribution in [0, 0.1) is 0 Å². The number of hydrogen-bond donors (Lipinski definition) is 0. The van der Waals surface area contributed by atoms with Crippen LogP contribution in [0.25, 0.3) is 0 Å². The highest BCUT2D eigenvalue weighted by atomic mass is 35.5. The third-order valence-corrected chi connectivity index (χ3v) is 4.95. The van der Waals surface area contributed by atoms with Gasteiger partial charge in [0, 0.05) is 20.6 Å². The van der Waals surface area contributed by atoms with Crippen molar-refractivity contribution in [3.8, 4) is 0 Å². The molecule has 0 spiro atoms. The van der Waals surface area contributed by atoms with E-state index in [0.29, 0.717) is 21.6 Å². The van der Waals surface area contributed by atoms with Crippen LogP contribution in [0.15, 0.2) is 55.1 Å². The van der Waals surface area contributed by atoms with Crippen LogP contribution in [0.1, 0.15) is 17.2 Å². The smallest absolute Gasteiger partial charge is 0.144 e. The van der Waals surface area contributed by atoms with Gasteiger partial charge in [0.25, 0.3) is 0 Å². The fourth-order valence-corrected chi connectivity index (χ4v) is 3.56. The van der Waals surface area contributed by atoms with Crippen molar-refractivity contribution in [2.45, 2.75) is 18.2 Å². The maximum atomic E-state index is 6.37. The van der Waals surface area contributed by atoms with Crippen molar-refractivity contribution in [2.75, 3.05) is 0 Å². The lowest BCUT2D eigenvalue weighted by Crippen LogP contribution is -2.19. The average Bonchev–Trinajstić information content (AvgIpc) is 3.02. The number of hydrogen-bond acceptors (Lipinski definition) is 3. The summed E-state index contributed by atoms with van der Waals surface area (Å²) in [4.78, 5) is 4.00. The highest BCUT2D eigenvalue weighted by molar-refractivity contribution is 6.35. The third-order valence-electron chi connectivity index (χ3n) is 4.14. The predicted molar refractivity (Wildman–Crippen MR) is 93.4 cm³/mol. The minimum absolute atomic E-state index is 0.187. The molecule has 4 nitrogen and oxygen atoms in total. The zero-order valence-corrected chi connectivity index (χ0v) is 14.6. The standard InChI is InChI=1S/C17H12Cl3N3O/c18-12-3-1-11(2-4-12)17(8-23-10-21-9-22-23)16(24-17)14-6-5-13(19)7-15(14)20/h1-7,9-10,16H,8H2/t16-,17-/m0/s1. The van der Waals surface area contributed by atoms with Gasteiger partial charge in [0.15, 0.2) is 0 Å². The van der Waals surface area contributed by atoms with E-state index < -0.39 is 5.60 Å². The molecule has 3 aromatic rings. The van der Waals surface area contributed by atoms with Gasteiger partial charge in [-0.05, 0) is 29.8 Å². The Balaban J connectivity index is 1.74. The molecule has 0 aliphatic carbocycles. The molecule has 7 heteroatoms. The normalized spacial score (nSPS) is 22.5. The van der Waals surface area contributed by atoms with E-state index in [2.05, 4.69) is 10.1 Å². The molecule has 0 N–H and O–H groups in total. The molecule has 0 bridgehead atoms. The minimum atomic E-state index is -0.560. The molecular formula is C17H12Cl3N3O. The van der Waals surface area contributed by atoms with Crippen molar-refractivity contribution in [3.63, 3.8) is 0 Å². The van der Waals surface area contributed by atoms with Crippen molar-refractivity contribution < 1.29 is 4.74 Å². The summed E-state index contributed by atoms with van der Waals surface area (Å²) in [6.45, 7) is 0.526. The lowest BCUT2D eigenvalue weighted by molar-refractivity contribution is 0.262. The van der Waals surface area contributed by atoms with Crippen molar-refractivity contribution in [3.05, 3.63) is 81.3 Å². The van der Waals surface area contributed by atoms with E-state index in [1.54, 1.807) is 17.1 Å². The molecule has 1 aliphatic rings. The largest absolute Gasteiger partial charge is 0.354 e. The Hall–Kier alpha value is -1.59. The number of rotatable bonds is 4. The van der Waals surface area contributed by atoms with Gasteiger partial charge in [-0.1, -0.05) is 53.0 Å². The molecule has 0 saturated carbocycles. The number of ether oxygens (including phenoxy) is 1. The number of epoxide rings is 1. The van der Waals surface area contributed by atoms with E-state index in [1.807, 2.05) is 36.4 Å². The fraction of sp³-hybridized carbons (Fsp3) is 0.176. The first kappa shape index (κ1) is 15.9. The Morgan fingerprint density at radius 3 is 2.46 bits per heavy atom. The van der Waals surface area contributed by atoms with Crippen LogP contribution in [0.5, 0.6) is 0 Å². The molecule has 2 atom stereocenters. The Morgan fingerprint density at radius 2 is 1.79 bits per heavy atom. The first-order valence-corrected chi connectivity index (χ1v) is 8.43. The molecule has 24 heavy (non-hydrogen) atoms. The SMILES string of the molecule is Clc1ccc([C@]2(Cn3cncn3)O[C@H]2c2ccc(Cl)cc2Cl)cc1. The van der Waals surface area contributed by atoms with Gasteiger partial charge < -0.3 is 4.74 Å². The van der Waals surface area contributed by atoms with Crippen LogP contribution < -0.4 is 0 Å². The molecule has 1 saturated heterocycles. The van der Waals surface area contributed by atoms with Gasteiger partial charge in [-0.2, -0.15) is 5.10 Å². The van der Waals surface area contributed by atoms with Crippen LogP contribution in [0.2, 0.25) is 15.1 Å². The topological polar surface area (TPSA) is 43.2 Å². The Kier molecular flexibility index (Phi) is 4.01. The van der Waals surface area contributed by atoms with Gasteiger partial charge in [-0.15, -0.1) is 0 Å². The summed E-state index contributed by atoms with van der Waals surface area (Å²) in [5.41, 5.74) is 1.35. The van der Waals surface area contributed by atoms with E-state index in [4.69, 9.17) is 39.5 Å². The van der Waals surface area contributed by atoms with Gasteiger partial charge in [0.05, 0.1) is 6.54 Å². The molecule has 2 heterocycles. The number of halogens is 3. The van der Waals surface area contributed by atoms with Crippen LogP contribution in [-0.4, -0.2) is 14.8 Å². The molecule has 1 aliphatic heterocycles. The molecule has 0 amide bonds. The second-order valence-corrected chi connectivity index (χ2v) is 6.93. The monoisotopic (exact) mass is 379 g/mol. The van der Waals surface area contributed by atoms with Crippen molar-refractivity contribution in [1.82, 2.24) is 14.8 Å². The predicted octanol–water partition coefficient (Wildman–Crippen LogP) is 4.91. The fourth-order valence-electron chi connectivity index (χ4n) is 2.92. The molecule has 1 fully saturated rings. The van der Waals surface area contributed by atoms with Crippen molar-refractivity contribution in [2.24, 2.45) is 0 Å². The van der Waals surface area contributed by atoms with Crippen molar-refractivity contribution >= 4 is 34.8 Å². The first-order chi connectivity index (χ1) is 11.6. The molecule has 1 aromatic heterocycles. The second-order valence-electron chi connectivity index (χ2n) is 5.65. The molecular weight excluding hydrogens is 369 g/mol. The number of aromatic nitrogens is 3. The van der Waals surface area contributed by atoms with E-state index in [-0.39, 0.29) is 6.10 Å². The summed E-state index contributed by atoms with van der Waals surface area (Å²) >= 11 is 18.4. The zero-order valence-electron chi connectivity index (χ0n) is 12.4. The summed E-state index contributed by atoms with van der Waals surface area (Å²) < 4.78 is 7.90. The molecule has 4 rings (SSSR count). The van der Waals surface area contributed by atoms with Crippen LogP contribution >= 0.6 is 34.8 Å². The van der Waals surface area contributed by atoms with Gasteiger partial charge in [0.2, 0.25) is 0 Å². The van der Waals surface area contributed by atoms with Crippen LogP contribution in [0.3, 0.4) is 0 Å². The van der Waals surface area contributed by atoms with Crippen molar-refractivity contribution in [1.29, 1.82) is 0 Å². The second kappa shape index (κ2) is 6.05. The minimum Gasteiger partial charge on any atom is -0.354 e. The summed E-state index contributed by atoms with van der Waals surface area (Å²) in [7, 11) is 0. The highest BCUT2D eigenvalue weighted by Gasteiger charge is 2.59. The Labute approximate surface area is 153 Å². The molecule has 2 aromatic carbocycles. The lowest BCUT2D eigenvalue weighted by Gasteiger charge is -2.14. The number of nitrogens with zero attached hydrogens (tertiary/aromatic N) is 3. The highest BCUT2D eigenvalue weighted by Crippen LogP contribution is 2.59. The van der Waals surface area contributed by atoms with Crippen LogP contribution in [0.4, 0.5) is 0 Å². The Bertz CT molecular complexity index is 867. The summed E-state index contributed by atoms with van der Waals surface area (Å²) in [6.07, 6.45) is 2.98. The maximum Gasteiger partial charge on any atom is 0.144 e.